The van der Waals surface area contributed by atoms with Gasteiger partial charge in [-0.05, 0) is 93.7 Å². The fraction of sp³-hybridized carbons (Fsp3) is 0.442. The van der Waals surface area contributed by atoms with E-state index in [4.69, 9.17) is 19.4 Å². The predicted octanol–water partition coefficient (Wildman–Crippen LogP) is 6.50. The van der Waals surface area contributed by atoms with Gasteiger partial charge in [-0.1, -0.05) is 63.2 Å². The van der Waals surface area contributed by atoms with Gasteiger partial charge in [0.25, 0.3) is 0 Å². The van der Waals surface area contributed by atoms with Gasteiger partial charge in [0, 0.05) is 17.7 Å². The van der Waals surface area contributed by atoms with Crippen LogP contribution in [0.3, 0.4) is 0 Å². The van der Waals surface area contributed by atoms with E-state index in [-0.39, 0.29) is 30.7 Å². The van der Waals surface area contributed by atoms with Crippen LogP contribution in [0, 0.1) is 17.3 Å². The van der Waals surface area contributed by atoms with Crippen LogP contribution in [0.1, 0.15) is 77.6 Å². The van der Waals surface area contributed by atoms with Gasteiger partial charge in [-0.3, -0.25) is 9.59 Å². The average molecular weight is 748 g/mol. The third-order valence-electron chi connectivity index (χ3n) is 10.6. The van der Waals surface area contributed by atoms with Crippen molar-refractivity contribution in [3.63, 3.8) is 0 Å². The number of nitrogens with one attached hydrogen (secondary N) is 2. The van der Waals surface area contributed by atoms with E-state index in [1.165, 1.54) is 4.90 Å². The molecule has 7 rings (SSSR count). The van der Waals surface area contributed by atoms with E-state index in [1.807, 2.05) is 75.4 Å². The van der Waals surface area contributed by atoms with Crippen molar-refractivity contribution < 1.29 is 33.8 Å². The molecule has 3 fully saturated rings. The Morgan fingerprint density at radius 3 is 2.20 bits per heavy atom. The van der Waals surface area contributed by atoms with Gasteiger partial charge in [0.15, 0.2) is 5.82 Å². The number of amides is 2. The SMILES string of the molecule is CC(C)(C)OC(=O)c1ccc(NC(C(=O)N2CC(Oc3nc(-c4ccccc4)nc4ccccc34)CC2C(=O)NC2(C(=O)O)CC2C2CC2)C(C)(C)C)cc1. The normalized spacial score (nSPS) is 22.8. The topological polar surface area (TPSA) is 160 Å². The van der Waals surface area contributed by atoms with Crippen molar-refractivity contribution in [3.8, 4) is 17.3 Å². The van der Waals surface area contributed by atoms with Crippen LogP contribution in [-0.2, 0) is 19.1 Å². The van der Waals surface area contributed by atoms with Gasteiger partial charge in [-0.2, -0.15) is 4.98 Å². The number of aromatic nitrogens is 2. The Hall–Kier alpha value is -5.52. The first-order valence-corrected chi connectivity index (χ1v) is 19.0. The minimum absolute atomic E-state index is 0.0634. The number of carboxylic acid groups (broad SMARTS) is 1. The lowest BCUT2D eigenvalue weighted by Gasteiger charge is -2.36. The lowest BCUT2D eigenvalue weighted by atomic mass is 9.85. The van der Waals surface area contributed by atoms with E-state index in [9.17, 15) is 24.3 Å². The minimum Gasteiger partial charge on any atom is -0.479 e. The van der Waals surface area contributed by atoms with Gasteiger partial charge in [0.1, 0.15) is 29.3 Å². The zero-order valence-corrected chi connectivity index (χ0v) is 32.2. The Morgan fingerprint density at radius 1 is 0.891 bits per heavy atom. The first-order chi connectivity index (χ1) is 26.0. The standard InChI is InChI=1S/C43H49N5O7/c1-41(2,3)34(44-28-20-18-27(19-21-28)39(51)55-42(4,5)6)38(50)48-24-29(22-33(48)36(49)47-43(40(52)53)23-31(43)25-16-17-25)54-37-30-14-10-11-15-32(30)45-35(46-37)26-12-8-7-9-13-26/h7-15,18-21,25,29,31,33-34,44H,16-17,22-24H2,1-6H3,(H,47,49)(H,52,53). The third-order valence-corrected chi connectivity index (χ3v) is 10.6. The van der Waals surface area contributed by atoms with Gasteiger partial charge in [0.05, 0.1) is 23.0 Å². The molecule has 5 unspecified atom stereocenters. The van der Waals surface area contributed by atoms with Gasteiger partial charge in [-0.15, -0.1) is 0 Å². The number of benzene rings is 3. The number of carboxylic acids is 1. The van der Waals surface area contributed by atoms with E-state index < -0.39 is 52.6 Å². The molecule has 0 bridgehead atoms. The number of esters is 1. The van der Waals surface area contributed by atoms with Gasteiger partial charge >= 0.3 is 11.9 Å². The summed E-state index contributed by atoms with van der Waals surface area (Å²) in [7, 11) is 0. The van der Waals surface area contributed by atoms with Crippen molar-refractivity contribution in [2.75, 3.05) is 11.9 Å². The smallest absolute Gasteiger partial charge is 0.338 e. The number of aliphatic carboxylic acids is 1. The maximum Gasteiger partial charge on any atom is 0.338 e. The zero-order valence-electron chi connectivity index (χ0n) is 32.2. The maximum atomic E-state index is 14.8. The lowest BCUT2D eigenvalue weighted by Crippen LogP contribution is -2.57. The van der Waals surface area contributed by atoms with E-state index >= 15 is 0 Å². The molecule has 288 valence electrons. The molecule has 2 aliphatic carbocycles. The van der Waals surface area contributed by atoms with Crippen LogP contribution in [-0.4, -0.2) is 79.6 Å². The number of likely N-dealkylation sites (tertiary alicyclic amines) is 1. The second-order valence-corrected chi connectivity index (χ2v) is 17.2. The van der Waals surface area contributed by atoms with Crippen molar-refractivity contribution in [1.29, 1.82) is 0 Å². The van der Waals surface area contributed by atoms with Crippen molar-refractivity contribution in [2.45, 2.75) is 96.6 Å². The number of hydrogen-bond acceptors (Lipinski definition) is 9. The van der Waals surface area contributed by atoms with Crippen LogP contribution in [0.15, 0.2) is 78.9 Å². The number of para-hydroxylation sites is 1. The molecule has 12 nitrogen and oxygen atoms in total. The van der Waals surface area contributed by atoms with Gasteiger partial charge in [0.2, 0.25) is 17.7 Å². The van der Waals surface area contributed by atoms with Crippen LogP contribution in [0.5, 0.6) is 5.88 Å². The monoisotopic (exact) mass is 747 g/mol. The zero-order chi connectivity index (χ0) is 39.3. The van der Waals surface area contributed by atoms with Crippen LogP contribution < -0.4 is 15.4 Å². The number of fused-ring (bicyclic) bond motifs is 1. The molecule has 1 aliphatic heterocycles. The van der Waals surface area contributed by atoms with E-state index in [0.29, 0.717) is 40.3 Å². The fourth-order valence-electron chi connectivity index (χ4n) is 7.51. The first kappa shape index (κ1) is 37.8. The van der Waals surface area contributed by atoms with E-state index in [1.54, 1.807) is 45.0 Å². The molecule has 4 aromatic rings. The average Bonchev–Trinajstić information content (AvgIpc) is 4.06. The summed E-state index contributed by atoms with van der Waals surface area (Å²) in [5.41, 5.74) is -0.147. The molecule has 3 N–H and O–H groups in total. The van der Waals surface area contributed by atoms with Gasteiger partial charge in [-0.25, -0.2) is 14.6 Å². The Labute approximate surface area is 321 Å². The second kappa shape index (κ2) is 14.3. The number of rotatable bonds is 11. The van der Waals surface area contributed by atoms with Crippen LogP contribution in [0.25, 0.3) is 22.3 Å². The van der Waals surface area contributed by atoms with Crippen molar-refractivity contribution in [1.82, 2.24) is 20.2 Å². The highest BCUT2D eigenvalue weighted by Crippen LogP contribution is 2.57. The molecule has 1 aromatic heterocycles. The van der Waals surface area contributed by atoms with E-state index in [2.05, 4.69) is 10.6 Å². The van der Waals surface area contributed by atoms with Gasteiger partial charge < -0.3 is 30.1 Å². The molecule has 12 heteroatoms. The molecular formula is C43H49N5O7. The molecule has 5 atom stereocenters. The number of hydrogen-bond donors (Lipinski definition) is 3. The quantitative estimate of drug-likeness (QED) is 0.145. The predicted molar refractivity (Wildman–Crippen MR) is 207 cm³/mol. The summed E-state index contributed by atoms with van der Waals surface area (Å²) in [5, 5.41) is 17.2. The van der Waals surface area contributed by atoms with Crippen molar-refractivity contribution in [3.05, 3.63) is 84.4 Å². The molecule has 1 saturated heterocycles. The van der Waals surface area contributed by atoms with Crippen LogP contribution >= 0.6 is 0 Å². The highest BCUT2D eigenvalue weighted by molar-refractivity contribution is 5.96. The van der Waals surface area contributed by atoms with Crippen LogP contribution in [0.2, 0.25) is 0 Å². The Kier molecular flexibility index (Phi) is 9.81. The maximum absolute atomic E-state index is 14.8. The highest BCUT2D eigenvalue weighted by Gasteiger charge is 2.66. The molecule has 3 aromatic carbocycles. The number of nitrogens with zero attached hydrogens (tertiary/aromatic N) is 3. The molecule has 2 heterocycles. The van der Waals surface area contributed by atoms with Crippen LogP contribution in [0.4, 0.5) is 5.69 Å². The highest BCUT2D eigenvalue weighted by atomic mass is 16.6. The third kappa shape index (κ3) is 8.13. The molecule has 2 amide bonds. The minimum atomic E-state index is -1.34. The number of carbonyl (C=O) groups is 4. The molecule has 0 radical (unpaired) electrons. The first-order valence-electron chi connectivity index (χ1n) is 19.0. The number of carbonyl (C=O) groups excluding carboxylic acids is 3. The Bertz CT molecular complexity index is 2110. The Balaban J connectivity index is 1.18. The fourth-order valence-corrected chi connectivity index (χ4v) is 7.51. The molecule has 0 spiro atoms. The summed E-state index contributed by atoms with van der Waals surface area (Å²) < 4.78 is 12.1. The number of ether oxygens (including phenoxy) is 2. The summed E-state index contributed by atoms with van der Waals surface area (Å²) in [6, 6.07) is 22.0. The molecule has 2 saturated carbocycles. The summed E-state index contributed by atoms with van der Waals surface area (Å²) in [6.45, 7) is 11.3. The summed E-state index contributed by atoms with van der Waals surface area (Å²) >= 11 is 0. The molecule has 55 heavy (non-hydrogen) atoms. The summed E-state index contributed by atoms with van der Waals surface area (Å²) in [6.07, 6.45) is 1.76. The van der Waals surface area contributed by atoms with Crippen molar-refractivity contribution >= 4 is 40.3 Å². The molecular weight excluding hydrogens is 699 g/mol. The van der Waals surface area contributed by atoms with Crippen molar-refractivity contribution in [2.24, 2.45) is 17.3 Å². The summed E-state index contributed by atoms with van der Waals surface area (Å²) in [5.74, 6) is -1.39. The molecule has 3 aliphatic rings. The number of anilines is 1. The Morgan fingerprint density at radius 2 is 1.56 bits per heavy atom. The van der Waals surface area contributed by atoms with E-state index in [0.717, 1.165) is 18.4 Å². The second-order valence-electron chi connectivity index (χ2n) is 17.2. The largest absolute Gasteiger partial charge is 0.479 e. The lowest BCUT2D eigenvalue weighted by molar-refractivity contribution is -0.146. The summed E-state index contributed by atoms with van der Waals surface area (Å²) in [4.78, 5) is 65.4.